The Morgan fingerprint density at radius 3 is 2.62 bits per heavy atom. The normalized spacial score (nSPS) is 11.6. The van der Waals surface area contributed by atoms with E-state index >= 15 is 0 Å². The number of hydrogen-bond donors (Lipinski definition) is 2. The second-order valence-electron chi connectivity index (χ2n) is 7.07. The van der Waals surface area contributed by atoms with Gasteiger partial charge in [-0.25, -0.2) is 0 Å². The number of carbonyl (C=O) groups is 2. The summed E-state index contributed by atoms with van der Waals surface area (Å²) in [6.07, 6.45) is 1.72. The molecule has 7 nitrogen and oxygen atoms in total. The van der Waals surface area contributed by atoms with E-state index < -0.39 is 6.04 Å². The highest BCUT2D eigenvalue weighted by molar-refractivity contribution is 7.99. The lowest BCUT2D eigenvalue weighted by Crippen LogP contribution is -2.29. The molecule has 0 aliphatic heterocycles. The predicted octanol–water partition coefficient (Wildman–Crippen LogP) is 4.65. The van der Waals surface area contributed by atoms with Gasteiger partial charge in [0.05, 0.1) is 22.4 Å². The number of thioether (sulfide) groups is 1. The molecule has 1 atom stereocenters. The second-order valence-corrected chi connectivity index (χ2v) is 8.42. The molecule has 3 aromatic rings. The van der Waals surface area contributed by atoms with Gasteiger partial charge < -0.3 is 15.2 Å². The molecule has 2 N–H and O–H groups in total. The largest absolute Gasteiger partial charge is 0.342 e. The van der Waals surface area contributed by atoms with Gasteiger partial charge in [-0.3, -0.25) is 9.59 Å². The maximum atomic E-state index is 12.6. The molecule has 166 valence electrons. The van der Waals surface area contributed by atoms with Gasteiger partial charge >= 0.3 is 0 Å². The molecule has 0 radical (unpaired) electrons. The third kappa shape index (κ3) is 5.77. The smallest absolute Gasteiger partial charge is 0.253 e. The van der Waals surface area contributed by atoms with Gasteiger partial charge in [0.15, 0.2) is 11.0 Å². The minimum Gasteiger partial charge on any atom is -0.342 e. The lowest BCUT2D eigenvalue weighted by Gasteiger charge is -2.15. The zero-order chi connectivity index (χ0) is 23.1. The molecule has 0 bridgehead atoms. The summed E-state index contributed by atoms with van der Waals surface area (Å²) in [6.45, 7) is 7.98. The van der Waals surface area contributed by atoms with Crippen LogP contribution in [0, 0.1) is 6.92 Å². The number of anilines is 1. The molecule has 0 saturated heterocycles. The number of aromatic nitrogens is 3. The Morgan fingerprint density at radius 1 is 1.19 bits per heavy atom. The molecule has 9 heteroatoms. The molecule has 0 fully saturated rings. The van der Waals surface area contributed by atoms with Crippen LogP contribution in [0.5, 0.6) is 0 Å². The summed E-state index contributed by atoms with van der Waals surface area (Å²) in [5.41, 5.74) is 2.16. The van der Waals surface area contributed by atoms with E-state index in [1.807, 2.05) is 42.7 Å². The summed E-state index contributed by atoms with van der Waals surface area (Å²) in [4.78, 5) is 25.0. The summed E-state index contributed by atoms with van der Waals surface area (Å²) in [5.74, 6) is 0.290. The van der Waals surface area contributed by atoms with Crippen LogP contribution in [0.3, 0.4) is 0 Å². The number of hydrogen-bond acceptors (Lipinski definition) is 5. The van der Waals surface area contributed by atoms with Gasteiger partial charge in [-0.1, -0.05) is 59.8 Å². The molecule has 0 spiro atoms. The van der Waals surface area contributed by atoms with Crippen LogP contribution in [-0.4, -0.2) is 32.3 Å². The van der Waals surface area contributed by atoms with Crippen LogP contribution >= 0.6 is 23.4 Å². The highest BCUT2D eigenvalue weighted by Crippen LogP contribution is 2.23. The molecule has 1 aromatic heterocycles. The van der Waals surface area contributed by atoms with E-state index in [4.69, 9.17) is 11.6 Å². The molecule has 0 aliphatic rings. The average Bonchev–Trinajstić information content (AvgIpc) is 3.17. The van der Waals surface area contributed by atoms with E-state index in [1.165, 1.54) is 11.8 Å². The molecule has 0 unspecified atom stereocenters. The zero-order valence-corrected chi connectivity index (χ0v) is 19.4. The van der Waals surface area contributed by atoms with E-state index in [2.05, 4.69) is 27.4 Å². The highest BCUT2D eigenvalue weighted by Gasteiger charge is 2.21. The number of allylic oxidation sites excluding steroid dienone is 1. The van der Waals surface area contributed by atoms with Crippen LogP contribution in [0.4, 0.5) is 5.69 Å². The van der Waals surface area contributed by atoms with E-state index in [9.17, 15) is 9.59 Å². The monoisotopic (exact) mass is 469 g/mol. The predicted molar refractivity (Wildman–Crippen MR) is 128 cm³/mol. The number of aryl methyl sites for hydroxylation is 1. The molecular formula is C23H24ClN5O2S. The Morgan fingerprint density at radius 2 is 1.91 bits per heavy atom. The summed E-state index contributed by atoms with van der Waals surface area (Å²) in [5, 5.41) is 15.2. The number of para-hydroxylation sites is 1. The van der Waals surface area contributed by atoms with Crippen LogP contribution in [0.2, 0.25) is 5.02 Å². The fourth-order valence-electron chi connectivity index (χ4n) is 3.04. The summed E-state index contributed by atoms with van der Waals surface area (Å²) < 4.78 is 1.83. The first-order valence-corrected chi connectivity index (χ1v) is 11.3. The fourth-order valence-corrected chi connectivity index (χ4v) is 4.02. The van der Waals surface area contributed by atoms with Gasteiger partial charge in [0.2, 0.25) is 5.91 Å². The Hall–Kier alpha value is -3.10. The van der Waals surface area contributed by atoms with Crippen LogP contribution in [0.15, 0.2) is 66.3 Å². The quantitative estimate of drug-likeness (QED) is 0.352. The lowest BCUT2D eigenvalue weighted by molar-refractivity contribution is -0.113. The fraction of sp³-hybridized carbons (Fsp3) is 0.217. The second kappa shape index (κ2) is 11.0. The third-order valence-corrected chi connectivity index (χ3v) is 5.96. The zero-order valence-electron chi connectivity index (χ0n) is 17.8. The lowest BCUT2D eigenvalue weighted by atomic mass is 10.2. The van der Waals surface area contributed by atoms with Crippen molar-refractivity contribution < 1.29 is 9.59 Å². The van der Waals surface area contributed by atoms with Crippen LogP contribution in [-0.2, 0) is 11.3 Å². The first-order valence-electron chi connectivity index (χ1n) is 9.98. The summed E-state index contributed by atoms with van der Waals surface area (Å²) in [6, 6.07) is 14.0. The molecule has 3 rings (SSSR count). The molecule has 1 heterocycles. The van der Waals surface area contributed by atoms with Crippen molar-refractivity contribution in [1.29, 1.82) is 0 Å². The van der Waals surface area contributed by atoms with Crippen molar-refractivity contribution >= 4 is 40.9 Å². The van der Waals surface area contributed by atoms with E-state index in [0.717, 1.165) is 11.3 Å². The minimum atomic E-state index is -0.429. The van der Waals surface area contributed by atoms with Gasteiger partial charge in [0.1, 0.15) is 0 Å². The van der Waals surface area contributed by atoms with E-state index in [1.54, 1.807) is 30.3 Å². The Bertz CT molecular complexity index is 1130. The van der Waals surface area contributed by atoms with Gasteiger partial charge in [-0.2, -0.15) is 0 Å². The molecule has 2 aromatic carbocycles. The topological polar surface area (TPSA) is 88.9 Å². The van der Waals surface area contributed by atoms with Crippen molar-refractivity contribution in [2.75, 3.05) is 11.1 Å². The Labute approximate surface area is 196 Å². The van der Waals surface area contributed by atoms with Crippen LogP contribution in [0.25, 0.3) is 0 Å². The SMILES string of the molecule is C=CCn1c(SCC(=O)Nc2ccccc2C)nnc1[C@H](C)NC(=O)c1ccccc1Cl. The molecular weight excluding hydrogens is 446 g/mol. The summed E-state index contributed by atoms with van der Waals surface area (Å²) >= 11 is 7.40. The van der Waals surface area contributed by atoms with Crippen molar-refractivity contribution in [1.82, 2.24) is 20.1 Å². The molecule has 0 aliphatic carbocycles. The van der Waals surface area contributed by atoms with E-state index in [-0.39, 0.29) is 17.6 Å². The maximum Gasteiger partial charge on any atom is 0.253 e. The first kappa shape index (κ1) is 23.6. The van der Waals surface area contributed by atoms with Crippen molar-refractivity contribution in [3.8, 4) is 0 Å². The standard InChI is InChI=1S/C23H24ClN5O2S/c1-4-13-29-21(16(3)25-22(31)17-10-6-7-11-18(17)24)27-28-23(29)32-14-20(30)26-19-12-8-5-9-15(19)2/h4-12,16H,1,13-14H2,2-3H3,(H,25,31)(H,26,30)/t16-/m0/s1. The van der Waals surface area contributed by atoms with Gasteiger partial charge in [-0.05, 0) is 37.6 Å². The van der Waals surface area contributed by atoms with Gasteiger partial charge in [0.25, 0.3) is 5.91 Å². The molecule has 0 saturated carbocycles. The summed E-state index contributed by atoms with van der Waals surface area (Å²) in [7, 11) is 0. The average molecular weight is 470 g/mol. The number of halogens is 1. The van der Waals surface area contributed by atoms with Crippen molar-refractivity contribution in [3.05, 3.63) is 83.2 Å². The highest BCUT2D eigenvalue weighted by atomic mass is 35.5. The number of carbonyl (C=O) groups excluding carboxylic acids is 2. The Balaban J connectivity index is 1.68. The van der Waals surface area contributed by atoms with Gasteiger partial charge in [0, 0.05) is 12.2 Å². The van der Waals surface area contributed by atoms with Gasteiger partial charge in [-0.15, -0.1) is 16.8 Å². The number of amides is 2. The van der Waals surface area contributed by atoms with Crippen molar-refractivity contribution in [2.45, 2.75) is 31.6 Å². The van der Waals surface area contributed by atoms with Crippen molar-refractivity contribution in [2.24, 2.45) is 0 Å². The van der Waals surface area contributed by atoms with Crippen molar-refractivity contribution in [3.63, 3.8) is 0 Å². The van der Waals surface area contributed by atoms with Crippen LogP contribution < -0.4 is 10.6 Å². The third-order valence-electron chi connectivity index (χ3n) is 4.66. The number of nitrogens with zero attached hydrogens (tertiary/aromatic N) is 3. The Kier molecular flexibility index (Phi) is 8.08. The number of benzene rings is 2. The molecule has 32 heavy (non-hydrogen) atoms. The van der Waals surface area contributed by atoms with Crippen LogP contribution in [0.1, 0.15) is 34.7 Å². The van der Waals surface area contributed by atoms with E-state index in [0.29, 0.717) is 28.1 Å². The minimum absolute atomic E-state index is 0.140. The number of nitrogens with one attached hydrogen (secondary N) is 2. The first-order chi connectivity index (χ1) is 15.4. The number of rotatable bonds is 9. The molecule has 2 amide bonds. The maximum absolute atomic E-state index is 12.6.